The predicted octanol–water partition coefficient (Wildman–Crippen LogP) is 2.13. The zero-order valence-corrected chi connectivity index (χ0v) is 13.0. The van der Waals surface area contributed by atoms with Gasteiger partial charge in [0.15, 0.2) is 5.78 Å². The van der Waals surface area contributed by atoms with Gasteiger partial charge in [-0.15, -0.1) is 0 Å². The smallest absolute Gasteiger partial charge is 0.161 e. The highest BCUT2D eigenvalue weighted by Crippen LogP contribution is 2.24. The number of rotatable bonds is 5. The minimum Gasteiger partial charge on any atom is -0.373 e. The number of carbonyl (C=O) groups excluding carboxylic acids is 1. The number of hydrogen-bond acceptors (Lipinski definition) is 4. The van der Waals surface area contributed by atoms with Crippen LogP contribution in [0.5, 0.6) is 0 Å². The van der Waals surface area contributed by atoms with Gasteiger partial charge < -0.3 is 4.90 Å². The molecular formula is C12H16BrNO3S. The molecule has 0 atom stereocenters. The Labute approximate surface area is 116 Å². The van der Waals surface area contributed by atoms with Crippen LogP contribution in [0.1, 0.15) is 17.3 Å². The molecule has 0 aromatic heterocycles. The molecule has 18 heavy (non-hydrogen) atoms. The van der Waals surface area contributed by atoms with E-state index in [1.54, 1.807) is 24.1 Å². The van der Waals surface area contributed by atoms with Crippen molar-refractivity contribution >= 4 is 37.2 Å². The summed E-state index contributed by atoms with van der Waals surface area (Å²) in [5.41, 5.74) is 1.33. The van der Waals surface area contributed by atoms with E-state index in [1.807, 2.05) is 6.07 Å². The molecule has 1 aromatic rings. The first kappa shape index (κ1) is 15.2. The summed E-state index contributed by atoms with van der Waals surface area (Å²) >= 11 is 3.35. The van der Waals surface area contributed by atoms with Crippen molar-refractivity contribution in [2.75, 3.05) is 30.5 Å². The average Bonchev–Trinajstić information content (AvgIpc) is 2.24. The Morgan fingerprint density at radius 1 is 1.39 bits per heavy atom. The van der Waals surface area contributed by atoms with Crippen LogP contribution in [0.2, 0.25) is 0 Å². The number of benzene rings is 1. The molecule has 0 fully saturated rings. The lowest BCUT2D eigenvalue weighted by atomic mass is 10.1. The average molecular weight is 334 g/mol. The molecule has 0 aliphatic rings. The summed E-state index contributed by atoms with van der Waals surface area (Å²) in [5.74, 6) is 0.0246. The summed E-state index contributed by atoms with van der Waals surface area (Å²) in [7, 11) is -1.23. The van der Waals surface area contributed by atoms with Crippen LogP contribution < -0.4 is 4.90 Å². The molecule has 0 aliphatic heterocycles. The summed E-state index contributed by atoms with van der Waals surface area (Å²) in [5, 5.41) is 0. The van der Waals surface area contributed by atoms with Crippen molar-refractivity contribution in [3.8, 4) is 0 Å². The maximum absolute atomic E-state index is 11.5. The molecule has 0 saturated heterocycles. The van der Waals surface area contributed by atoms with Crippen molar-refractivity contribution in [2.45, 2.75) is 6.92 Å². The molecule has 0 saturated carbocycles. The minimum absolute atomic E-state index is 0.0382. The standard InChI is InChI=1S/C12H16BrNO3S/c1-9(15)11-5-4-10(13)8-12(11)14(2)6-7-18(3,16)17/h4-5,8H,6-7H2,1-3H3. The maximum atomic E-state index is 11.5. The fourth-order valence-corrected chi connectivity index (χ4v) is 2.50. The molecular weight excluding hydrogens is 318 g/mol. The van der Waals surface area contributed by atoms with Gasteiger partial charge in [-0.2, -0.15) is 0 Å². The molecule has 6 heteroatoms. The van der Waals surface area contributed by atoms with Gasteiger partial charge >= 0.3 is 0 Å². The first-order valence-electron chi connectivity index (χ1n) is 5.40. The molecule has 1 rings (SSSR count). The van der Waals surface area contributed by atoms with E-state index in [2.05, 4.69) is 15.9 Å². The highest BCUT2D eigenvalue weighted by atomic mass is 79.9. The molecule has 0 heterocycles. The Balaban J connectivity index is 3.00. The van der Waals surface area contributed by atoms with Crippen LogP contribution in [-0.4, -0.2) is 39.8 Å². The van der Waals surface area contributed by atoms with Crippen LogP contribution in [0.3, 0.4) is 0 Å². The Kier molecular flexibility index (Phi) is 4.92. The second-order valence-corrected chi connectivity index (χ2v) is 7.44. The first-order chi connectivity index (χ1) is 8.20. The quantitative estimate of drug-likeness (QED) is 0.774. The van der Waals surface area contributed by atoms with E-state index < -0.39 is 9.84 Å². The molecule has 0 amide bonds. The van der Waals surface area contributed by atoms with Crippen LogP contribution in [0, 0.1) is 0 Å². The minimum atomic E-state index is -3.01. The lowest BCUT2D eigenvalue weighted by Gasteiger charge is -2.21. The lowest BCUT2D eigenvalue weighted by molar-refractivity contribution is 0.101. The maximum Gasteiger partial charge on any atom is 0.161 e. The number of nitrogens with zero attached hydrogens (tertiary/aromatic N) is 1. The highest BCUT2D eigenvalue weighted by Gasteiger charge is 2.13. The Bertz CT molecular complexity index is 554. The third-order valence-electron chi connectivity index (χ3n) is 2.55. The number of carbonyl (C=O) groups is 1. The number of hydrogen-bond donors (Lipinski definition) is 0. The summed E-state index contributed by atoms with van der Waals surface area (Å²) in [4.78, 5) is 13.3. The zero-order valence-electron chi connectivity index (χ0n) is 10.6. The second-order valence-electron chi connectivity index (χ2n) is 4.27. The van der Waals surface area contributed by atoms with E-state index in [-0.39, 0.29) is 11.5 Å². The van der Waals surface area contributed by atoms with Gasteiger partial charge in [-0.05, 0) is 25.1 Å². The number of Topliss-reactive ketones (excluding diaryl/α,β-unsaturated/α-hetero) is 1. The van der Waals surface area contributed by atoms with Gasteiger partial charge in [0.25, 0.3) is 0 Å². The van der Waals surface area contributed by atoms with Crippen LogP contribution in [-0.2, 0) is 9.84 Å². The molecule has 0 aliphatic carbocycles. The van der Waals surface area contributed by atoms with Gasteiger partial charge in [0.1, 0.15) is 9.84 Å². The van der Waals surface area contributed by atoms with Gasteiger partial charge in [0, 0.05) is 35.6 Å². The number of ketones is 1. The molecule has 1 aromatic carbocycles. The summed E-state index contributed by atoms with van der Waals surface area (Å²) in [6.45, 7) is 1.85. The molecule has 0 unspecified atom stereocenters. The van der Waals surface area contributed by atoms with Crippen molar-refractivity contribution < 1.29 is 13.2 Å². The highest BCUT2D eigenvalue weighted by molar-refractivity contribution is 9.10. The van der Waals surface area contributed by atoms with Gasteiger partial charge in [-0.1, -0.05) is 15.9 Å². The van der Waals surface area contributed by atoms with E-state index in [4.69, 9.17) is 0 Å². The number of halogens is 1. The molecule has 0 radical (unpaired) electrons. The van der Waals surface area contributed by atoms with E-state index in [9.17, 15) is 13.2 Å². The lowest BCUT2D eigenvalue weighted by Crippen LogP contribution is -2.26. The monoisotopic (exact) mass is 333 g/mol. The fourth-order valence-electron chi connectivity index (χ4n) is 1.54. The molecule has 0 bridgehead atoms. The van der Waals surface area contributed by atoms with Crippen LogP contribution in [0.25, 0.3) is 0 Å². The fraction of sp³-hybridized carbons (Fsp3) is 0.417. The molecule has 0 spiro atoms. The summed E-state index contributed by atoms with van der Waals surface area (Å²) in [6, 6.07) is 5.35. The Hall–Kier alpha value is -0.880. The van der Waals surface area contributed by atoms with E-state index in [0.717, 1.165) is 10.2 Å². The van der Waals surface area contributed by atoms with Gasteiger partial charge in [0.2, 0.25) is 0 Å². The third-order valence-corrected chi connectivity index (χ3v) is 3.97. The normalized spacial score (nSPS) is 11.3. The topological polar surface area (TPSA) is 54.5 Å². The third kappa shape index (κ3) is 4.42. The summed E-state index contributed by atoms with van der Waals surface area (Å²) < 4.78 is 23.2. The Morgan fingerprint density at radius 2 is 2.00 bits per heavy atom. The van der Waals surface area contributed by atoms with Crippen LogP contribution >= 0.6 is 15.9 Å². The number of anilines is 1. The second kappa shape index (κ2) is 5.84. The molecule has 100 valence electrons. The molecule has 4 nitrogen and oxygen atoms in total. The van der Waals surface area contributed by atoms with E-state index in [0.29, 0.717) is 12.1 Å². The predicted molar refractivity (Wildman–Crippen MR) is 77.1 cm³/mol. The first-order valence-corrected chi connectivity index (χ1v) is 8.25. The van der Waals surface area contributed by atoms with Gasteiger partial charge in [-0.25, -0.2) is 8.42 Å². The van der Waals surface area contributed by atoms with Gasteiger partial charge in [-0.3, -0.25) is 4.79 Å². The van der Waals surface area contributed by atoms with Gasteiger partial charge in [0.05, 0.1) is 5.75 Å². The van der Waals surface area contributed by atoms with Crippen molar-refractivity contribution in [1.82, 2.24) is 0 Å². The zero-order chi connectivity index (χ0) is 13.9. The molecule has 0 N–H and O–H groups in total. The van der Waals surface area contributed by atoms with Crippen molar-refractivity contribution in [1.29, 1.82) is 0 Å². The largest absolute Gasteiger partial charge is 0.373 e. The van der Waals surface area contributed by atoms with Crippen LogP contribution in [0.15, 0.2) is 22.7 Å². The van der Waals surface area contributed by atoms with E-state index in [1.165, 1.54) is 13.2 Å². The SMILES string of the molecule is CC(=O)c1ccc(Br)cc1N(C)CCS(C)(=O)=O. The van der Waals surface area contributed by atoms with Crippen molar-refractivity contribution in [3.63, 3.8) is 0 Å². The van der Waals surface area contributed by atoms with Crippen molar-refractivity contribution in [2.24, 2.45) is 0 Å². The van der Waals surface area contributed by atoms with E-state index >= 15 is 0 Å². The van der Waals surface area contributed by atoms with Crippen LogP contribution in [0.4, 0.5) is 5.69 Å². The number of sulfone groups is 1. The van der Waals surface area contributed by atoms with Crippen molar-refractivity contribution in [3.05, 3.63) is 28.2 Å². The summed E-state index contributed by atoms with van der Waals surface area (Å²) in [6.07, 6.45) is 1.20. The Morgan fingerprint density at radius 3 is 2.50 bits per heavy atom.